The zero-order valence-electron chi connectivity index (χ0n) is 12.2. The second-order valence-electron chi connectivity index (χ2n) is 5.08. The van der Waals surface area contributed by atoms with Crippen molar-refractivity contribution in [1.82, 2.24) is 4.90 Å². The van der Waals surface area contributed by atoms with Crippen LogP contribution in [0.5, 0.6) is 5.75 Å². The number of hydrogen-bond acceptors (Lipinski definition) is 4. The molecule has 6 heteroatoms. The van der Waals surface area contributed by atoms with Crippen LogP contribution in [0.15, 0.2) is 48.5 Å². The predicted molar refractivity (Wildman–Crippen MR) is 78.4 cm³/mol. The zero-order valence-corrected chi connectivity index (χ0v) is 12.2. The van der Waals surface area contributed by atoms with E-state index in [1.165, 1.54) is 37.3 Å². The van der Waals surface area contributed by atoms with Crippen LogP contribution < -0.4 is 4.74 Å². The van der Waals surface area contributed by atoms with E-state index in [0.29, 0.717) is 0 Å². The fraction of sp³-hybridized carbons (Fsp3) is 0.118. The molecule has 0 aliphatic carbocycles. The summed E-state index contributed by atoms with van der Waals surface area (Å²) in [5.41, 5.74) is 0.505. The molecule has 0 saturated heterocycles. The van der Waals surface area contributed by atoms with Gasteiger partial charge in [0.15, 0.2) is 0 Å². The highest BCUT2D eigenvalue weighted by atomic mass is 19.1. The van der Waals surface area contributed by atoms with Crippen LogP contribution in [-0.4, -0.2) is 28.7 Å². The van der Waals surface area contributed by atoms with Crippen LogP contribution in [0.3, 0.4) is 0 Å². The summed E-state index contributed by atoms with van der Waals surface area (Å²) >= 11 is 0. The number of amides is 2. The number of benzene rings is 2. The van der Waals surface area contributed by atoms with E-state index in [0.717, 1.165) is 11.0 Å². The highest BCUT2D eigenvalue weighted by Crippen LogP contribution is 2.25. The molecule has 23 heavy (non-hydrogen) atoms. The molecule has 2 aromatic rings. The minimum atomic E-state index is -1.12. The quantitative estimate of drug-likeness (QED) is 0.496. The maximum atomic E-state index is 13.1. The van der Waals surface area contributed by atoms with Crippen LogP contribution in [0.2, 0.25) is 0 Å². The molecule has 116 valence electrons. The molecule has 1 aliphatic heterocycles. The van der Waals surface area contributed by atoms with E-state index in [1.807, 2.05) is 0 Å². The lowest BCUT2D eigenvalue weighted by atomic mass is 10.1. The minimum absolute atomic E-state index is 0.0125. The Morgan fingerprint density at radius 2 is 1.65 bits per heavy atom. The lowest BCUT2D eigenvalue weighted by Crippen LogP contribution is -2.44. The Balaban J connectivity index is 1.81. The summed E-state index contributed by atoms with van der Waals surface area (Å²) in [6.07, 6.45) is 0. The summed E-state index contributed by atoms with van der Waals surface area (Å²) in [6, 6.07) is 10.3. The first-order chi connectivity index (χ1) is 11.0. The van der Waals surface area contributed by atoms with Crippen molar-refractivity contribution in [3.8, 4) is 5.75 Å². The van der Waals surface area contributed by atoms with Gasteiger partial charge in [-0.15, -0.1) is 0 Å². The van der Waals surface area contributed by atoms with Gasteiger partial charge in [0.05, 0.1) is 11.1 Å². The average Bonchev–Trinajstić information content (AvgIpc) is 2.79. The Morgan fingerprint density at radius 3 is 2.22 bits per heavy atom. The van der Waals surface area contributed by atoms with Gasteiger partial charge in [-0.25, -0.2) is 9.18 Å². The summed E-state index contributed by atoms with van der Waals surface area (Å²) in [5, 5.41) is 0. The van der Waals surface area contributed by atoms with Crippen LogP contribution in [0.1, 0.15) is 27.6 Å². The summed E-state index contributed by atoms with van der Waals surface area (Å²) in [6.45, 7) is 1.39. The van der Waals surface area contributed by atoms with Crippen molar-refractivity contribution in [3.05, 3.63) is 65.5 Å². The van der Waals surface area contributed by atoms with Crippen LogP contribution >= 0.6 is 0 Å². The van der Waals surface area contributed by atoms with E-state index < -0.39 is 29.6 Å². The van der Waals surface area contributed by atoms with Gasteiger partial charge in [0.2, 0.25) is 0 Å². The topological polar surface area (TPSA) is 63.7 Å². The van der Waals surface area contributed by atoms with Crippen molar-refractivity contribution in [2.45, 2.75) is 13.0 Å². The van der Waals surface area contributed by atoms with Gasteiger partial charge in [-0.3, -0.25) is 14.5 Å². The number of carbonyl (C=O) groups excluding carboxylic acids is 3. The standard InChI is InChI=1S/C17H12FNO4/c1-10(17(22)23-12-6-4-5-11(18)9-12)19-15(20)13-7-2-3-8-14(13)16(19)21/h2-10H,1H3. The molecule has 0 fully saturated rings. The van der Waals surface area contributed by atoms with E-state index in [1.54, 1.807) is 12.1 Å². The van der Waals surface area contributed by atoms with Crippen molar-refractivity contribution in [2.24, 2.45) is 0 Å². The van der Waals surface area contributed by atoms with Crippen LogP contribution in [0.4, 0.5) is 4.39 Å². The van der Waals surface area contributed by atoms with E-state index in [9.17, 15) is 18.8 Å². The molecule has 0 N–H and O–H groups in total. The smallest absolute Gasteiger partial charge is 0.334 e. The molecule has 2 aromatic carbocycles. The molecule has 5 nitrogen and oxygen atoms in total. The van der Waals surface area contributed by atoms with Crippen molar-refractivity contribution < 1.29 is 23.5 Å². The number of halogens is 1. The second kappa shape index (κ2) is 5.64. The predicted octanol–water partition coefficient (Wildman–Crippen LogP) is 2.42. The largest absolute Gasteiger partial charge is 0.425 e. The average molecular weight is 313 g/mol. The third-order valence-electron chi connectivity index (χ3n) is 3.57. The summed E-state index contributed by atoms with van der Waals surface area (Å²) in [5.74, 6) is -2.45. The van der Waals surface area contributed by atoms with Crippen molar-refractivity contribution >= 4 is 17.8 Å². The zero-order chi connectivity index (χ0) is 16.6. The molecule has 2 amide bonds. The maximum Gasteiger partial charge on any atom is 0.334 e. The van der Waals surface area contributed by atoms with Crippen LogP contribution in [-0.2, 0) is 4.79 Å². The van der Waals surface area contributed by atoms with Crippen molar-refractivity contribution in [2.75, 3.05) is 0 Å². The second-order valence-corrected chi connectivity index (χ2v) is 5.08. The summed E-state index contributed by atoms with van der Waals surface area (Å²) < 4.78 is 18.2. The SMILES string of the molecule is CC(C(=O)Oc1cccc(F)c1)N1C(=O)c2ccccc2C1=O. The molecule has 0 aromatic heterocycles. The minimum Gasteiger partial charge on any atom is -0.425 e. The van der Waals surface area contributed by atoms with Gasteiger partial charge in [-0.05, 0) is 31.2 Å². The normalized spacial score (nSPS) is 14.6. The van der Waals surface area contributed by atoms with Gasteiger partial charge >= 0.3 is 5.97 Å². The first-order valence-electron chi connectivity index (χ1n) is 6.93. The molecular weight excluding hydrogens is 301 g/mol. The van der Waals surface area contributed by atoms with E-state index >= 15 is 0 Å². The number of ether oxygens (including phenoxy) is 1. The van der Waals surface area contributed by atoms with Crippen LogP contribution in [0, 0.1) is 5.82 Å². The molecule has 0 bridgehead atoms. The van der Waals surface area contributed by atoms with Crippen molar-refractivity contribution in [3.63, 3.8) is 0 Å². The Kier molecular flexibility index (Phi) is 3.65. The van der Waals surface area contributed by atoms with E-state index in [4.69, 9.17) is 4.74 Å². The number of esters is 1. The van der Waals surface area contributed by atoms with Gasteiger partial charge in [0.1, 0.15) is 17.6 Å². The van der Waals surface area contributed by atoms with Crippen LogP contribution in [0.25, 0.3) is 0 Å². The van der Waals surface area contributed by atoms with Gasteiger partial charge in [-0.2, -0.15) is 0 Å². The summed E-state index contributed by atoms with van der Waals surface area (Å²) in [7, 11) is 0. The van der Waals surface area contributed by atoms with Gasteiger partial charge < -0.3 is 4.74 Å². The Bertz CT molecular complexity index is 783. The monoisotopic (exact) mass is 313 g/mol. The highest BCUT2D eigenvalue weighted by Gasteiger charge is 2.41. The number of fused-ring (bicyclic) bond motifs is 1. The molecule has 1 aliphatic rings. The molecule has 3 rings (SSSR count). The van der Waals surface area contributed by atoms with Crippen molar-refractivity contribution in [1.29, 1.82) is 0 Å². The molecule has 0 spiro atoms. The fourth-order valence-electron chi connectivity index (χ4n) is 2.40. The number of hydrogen-bond donors (Lipinski definition) is 0. The first-order valence-corrected chi connectivity index (χ1v) is 6.93. The van der Waals surface area contributed by atoms with Gasteiger partial charge in [-0.1, -0.05) is 18.2 Å². The molecular formula is C17H12FNO4. The lowest BCUT2D eigenvalue weighted by Gasteiger charge is -2.20. The number of carbonyl (C=O) groups is 3. The Hall–Kier alpha value is -3.02. The molecule has 0 saturated carbocycles. The number of nitrogens with zero attached hydrogens (tertiary/aromatic N) is 1. The maximum absolute atomic E-state index is 13.1. The third-order valence-corrected chi connectivity index (χ3v) is 3.57. The summed E-state index contributed by atoms with van der Waals surface area (Å²) in [4.78, 5) is 37.6. The number of rotatable bonds is 3. The van der Waals surface area contributed by atoms with Gasteiger partial charge in [0, 0.05) is 6.07 Å². The highest BCUT2D eigenvalue weighted by molar-refractivity contribution is 6.22. The van der Waals surface area contributed by atoms with Gasteiger partial charge in [0.25, 0.3) is 11.8 Å². The molecule has 1 heterocycles. The van der Waals surface area contributed by atoms with E-state index in [2.05, 4.69) is 0 Å². The Morgan fingerprint density at radius 1 is 1.04 bits per heavy atom. The lowest BCUT2D eigenvalue weighted by molar-refractivity contribution is -0.138. The Labute approximate surface area is 131 Å². The first kappa shape index (κ1) is 14.9. The van der Waals surface area contributed by atoms with E-state index in [-0.39, 0.29) is 16.9 Å². The fourth-order valence-corrected chi connectivity index (χ4v) is 2.40. The molecule has 0 radical (unpaired) electrons. The molecule has 1 unspecified atom stereocenters. The third kappa shape index (κ3) is 2.59. The molecule has 1 atom stereocenters. The number of imide groups is 1.